The highest BCUT2D eigenvalue weighted by Crippen LogP contribution is 2.40. The quantitative estimate of drug-likeness (QED) is 0.608. The molecule has 3 rings (SSSR count). The van der Waals surface area contributed by atoms with Crippen LogP contribution in [0, 0.1) is 5.41 Å². The topological polar surface area (TPSA) is 83.5 Å². The van der Waals surface area contributed by atoms with Crippen LogP contribution in [0.4, 0.5) is 0 Å². The van der Waals surface area contributed by atoms with Crippen LogP contribution in [0.2, 0.25) is 0 Å². The summed E-state index contributed by atoms with van der Waals surface area (Å²) in [6, 6.07) is 0. The zero-order chi connectivity index (χ0) is 22.2. The molecule has 0 unspecified atom stereocenters. The fraction of sp³-hybridized carbons (Fsp3) is 0.727. The first-order valence-electron chi connectivity index (χ1n) is 10.4. The Hall–Kier alpha value is -1.90. The van der Waals surface area contributed by atoms with Gasteiger partial charge in [0.05, 0.1) is 24.2 Å². The summed E-state index contributed by atoms with van der Waals surface area (Å²) >= 11 is 0. The molecule has 0 saturated carbocycles. The largest absolute Gasteiger partial charge is 0.465 e. The SMILES string of the molecule is CC=C1OCC2(CO1)COC(CC)(OC(C)(C)CC(C)(C)N1C(=O)C=CC1=O)OC2. The Morgan fingerprint density at radius 3 is 2.03 bits per heavy atom. The second-order valence-corrected chi connectivity index (χ2v) is 9.50. The lowest BCUT2D eigenvalue weighted by Gasteiger charge is -2.49. The first-order chi connectivity index (χ1) is 14.0. The monoisotopic (exact) mass is 423 g/mol. The van der Waals surface area contributed by atoms with Crippen molar-refractivity contribution in [2.75, 3.05) is 26.4 Å². The number of allylic oxidation sites excluding steroid dienone is 1. The van der Waals surface area contributed by atoms with Crippen molar-refractivity contribution in [3.63, 3.8) is 0 Å². The molecule has 0 radical (unpaired) electrons. The molecule has 0 aromatic heterocycles. The summed E-state index contributed by atoms with van der Waals surface area (Å²) in [7, 11) is 0. The van der Waals surface area contributed by atoms with Gasteiger partial charge in [-0.15, -0.1) is 0 Å². The first kappa shape index (κ1) is 22.8. The molecule has 0 bridgehead atoms. The minimum Gasteiger partial charge on any atom is -0.465 e. The van der Waals surface area contributed by atoms with Crippen LogP contribution in [-0.4, -0.2) is 60.3 Å². The maximum absolute atomic E-state index is 12.1. The van der Waals surface area contributed by atoms with E-state index in [1.807, 2.05) is 41.5 Å². The minimum absolute atomic E-state index is 0.309. The van der Waals surface area contributed by atoms with Crippen molar-refractivity contribution in [1.82, 2.24) is 4.90 Å². The molecule has 2 saturated heterocycles. The Kier molecular flexibility index (Phi) is 6.06. The third-order valence-electron chi connectivity index (χ3n) is 5.61. The molecule has 3 heterocycles. The molecule has 0 aromatic carbocycles. The maximum Gasteiger partial charge on any atom is 0.283 e. The number of carbonyl (C=O) groups excluding carboxylic acids is 2. The Balaban J connectivity index is 1.65. The van der Waals surface area contributed by atoms with Crippen LogP contribution in [-0.2, 0) is 33.3 Å². The minimum atomic E-state index is -1.21. The third kappa shape index (κ3) is 4.55. The van der Waals surface area contributed by atoms with Gasteiger partial charge in [-0.2, -0.15) is 0 Å². The van der Waals surface area contributed by atoms with Gasteiger partial charge in [0.15, 0.2) is 0 Å². The Labute approximate surface area is 178 Å². The fourth-order valence-electron chi connectivity index (χ4n) is 4.38. The van der Waals surface area contributed by atoms with Crippen LogP contribution in [0.1, 0.15) is 54.4 Å². The van der Waals surface area contributed by atoms with Crippen molar-refractivity contribution in [1.29, 1.82) is 0 Å². The zero-order valence-electron chi connectivity index (χ0n) is 18.8. The van der Waals surface area contributed by atoms with E-state index < -0.39 is 17.1 Å². The molecule has 8 heteroatoms. The highest BCUT2D eigenvalue weighted by Gasteiger charge is 2.51. The lowest BCUT2D eigenvalue weighted by atomic mass is 9.87. The van der Waals surface area contributed by atoms with E-state index in [1.165, 1.54) is 17.1 Å². The van der Waals surface area contributed by atoms with Crippen molar-refractivity contribution >= 4 is 11.8 Å². The van der Waals surface area contributed by atoms with Gasteiger partial charge in [0.25, 0.3) is 23.7 Å². The van der Waals surface area contributed by atoms with Gasteiger partial charge >= 0.3 is 0 Å². The van der Waals surface area contributed by atoms with Crippen LogP contribution in [0.25, 0.3) is 0 Å². The predicted octanol–water partition coefficient (Wildman–Crippen LogP) is 2.88. The van der Waals surface area contributed by atoms with E-state index >= 15 is 0 Å². The van der Waals surface area contributed by atoms with Crippen molar-refractivity contribution in [2.24, 2.45) is 5.41 Å². The van der Waals surface area contributed by atoms with Gasteiger partial charge in [0.2, 0.25) is 0 Å². The Morgan fingerprint density at radius 2 is 1.57 bits per heavy atom. The second-order valence-electron chi connectivity index (χ2n) is 9.50. The Morgan fingerprint density at radius 1 is 1.03 bits per heavy atom. The number of imide groups is 1. The summed E-state index contributed by atoms with van der Waals surface area (Å²) in [5.41, 5.74) is -1.84. The first-order valence-corrected chi connectivity index (χ1v) is 10.4. The molecule has 168 valence electrons. The molecule has 0 aromatic rings. The molecule has 2 fully saturated rings. The van der Waals surface area contributed by atoms with E-state index in [9.17, 15) is 9.59 Å². The van der Waals surface area contributed by atoms with Crippen molar-refractivity contribution in [3.05, 3.63) is 24.2 Å². The highest BCUT2D eigenvalue weighted by atomic mass is 16.9. The van der Waals surface area contributed by atoms with Crippen LogP contribution >= 0.6 is 0 Å². The smallest absolute Gasteiger partial charge is 0.283 e. The van der Waals surface area contributed by atoms with Gasteiger partial charge in [-0.3, -0.25) is 14.5 Å². The number of hydrogen-bond acceptors (Lipinski definition) is 7. The molecular formula is C22H33NO7. The van der Waals surface area contributed by atoms with E-state index in [2.05, 4.69) is 0 Å². The van der Waals surface area contributed by atoms with E-state index in [0.29, 0.717) is 45.2 Å². The number of carbonyl (C=O) groups is 2. The molecule has 0 atom stereocenters. The van der Waals surface area contributed by atoms with Crippen LogP contribution < -0.4 is 0 Å². The molecule has 8 nitrogen and oxygen atoms in total. The molecule has 1 spiro atoms. The molecule has 3 aliphatic heterocycles. The maximum atomic E-state index is 12.1. The summed E-state index contributed by atoms with van der Waals surface area (Å²) in [5.74, 6) is -1.30. The predicted molar refractivity (Wildman–Crippen MR) is 108 cm³/mol. The van der Waals surface area contributed by atoms with Gasteiger partial charge in [-0.25, -0.2) is 0 Å². The van der Waals surface area contributed by atoms with Gasteiger partial charge in [0.1, 0.15) is 13.2 Å². The third-order valence-corrected chi connectivity index (χ3v) is 5.61. The number of ether oxygens (including phenoxy) is 5. The summed E-state index contributed by atoms with van der Waals surface area (Å²) in [5, 5.41) is 0. The number of nitrogens with zero attached hydrogens (tertiary/aromatic N) is 1. The van der Waals surface area contributed by atoms with E-state index in [0.717, 1.165) is 0 Å². The lowest BCUT2D eigenvalue weighted by molar-refractivity contribution is -0.448. The fourth-order valence-corrected chi connectivity index (χ4v) is 4.38. The molecule has 2 amide bonds. The Bertz CT molecular complexity index is 715. The van der Waals surface area contributed by atoms with E-state index in [1.54, 1.807) is 6.08 Å². The van der Waals surface area contributed by atoms with Crippen LogP contribution in [0.15, 0.2) is 24.2 Å². The highest BCUT2D eigenvalue weighted by molar-refractivity contribution is 6.13. The van der Waals surface area contributed by atoms with Gasteiger partial charge in [0, 0.05) is 24.1 Å². The molecule has 0 N–H and O–H groups in total. The summed E-state index contributed by atoms with van der Waals surface area (Å²) in [6.45, 7) is 13.0. The summed E-state index contributed by atoms with van der Waals surface area (Å²) in [4.78, 5) is 25.6. The average Bonchev–Trinajstić information content (AvgIpc) is 3.03. The van der Waals surface area contributed by atoms with Crippen LogP contribution in [0.5, 0.6) is 0 Å². The molecule has 3 aliphatic rings. The van der Waals surface area contributed by atoms with E-state index in [4.69, 9.17) is 23.7 Å². The number of rotatable bonds is 6. The van der Waals surface area contributed by atoms with Crippen molar-refractivity contribution < 1.29 is 33.3 Å². The summed E-state index contributed by atoms with van der Waals surface area (Å²) in [6.07, 6.45) is 5.28. The molecule has 30 heavy (non-hydrogen) atoms. The van der Waals surface area contributed by atoms with Crippen LogP contribution in [0.3, 0.4) is 0 Å². The summed E-state index contributed by atoms with van der Waals surface area (Å²) < 4.78 is 29.8. The standard InChI is InChI=1S/C22H33NO7/c1-7-18-26-12-21(13-27-18)14-28-22(8-2,29-15-21)30-20(5,6)11-19(3,4)23-16(24)9-10-17(23)25/h7,9-10H,8,11-15H2,1-6H3. The average molecular weight is 424 g/mol. The van der Waals surface area contributed by atoms with Gasteiger partial charge < -0.3 is 23.7 Å². The van der Waals surface area contributed by atoms with Gasteiger partial charge in [-0.05, 0) is 47.1 Å². The number of amides is 2. The van der Waals surface area contributed by atoms with E-state index in [-0.39, 0.29) is 17.2 Å². The molecule has 0 aliphatic carbocycles. The van der Waals surface area contributed by atoms with Gasteiger partial charge in [-0.1, -0.05) is 6.92 Å². The second kappa shape index (κ2) is 7.98. The zero-order valence-corrected chi connectivity index (χ0v) is 18.8. The lowest BCUT2D eigenvalue weighted by Crippen LogP contribution is -2.59. The van der Waals surface area contributed by atoms with Crippen molar-refractivity contribution in [2.45, 2.75) is 71.5 Å². The number of hydrogen-bond donors (Lipinski definition) is 0. The normalized spacial score (nSPS) is 29.9. The van der Waals surface area contributed by atoms with Crippen molar-refractivity contribution in [3.8, 4) is 0 Å². The molecular weight excluding hydrogens is 390 g/mol.